The number of carbonyl (C=O) groups excluding carboxylic acids is 1. The minimum absolute atomic E-state index is 0.227. The first kappa shape index (κ1) is 19.8. The average Bonchev–Trinajstić information content (AvgIpc) is 2.61. The molecule has 2 atom stereocenters. The Balaban J connectivity index is 2.19. The van der Waals surface area contributed by atoms with Crippen LogP contribution in [-0.4, -0.2) is 32.8 Å². The van der Waals surface area contributed by atoms with Crippen LogP contribution in [0.5, 0.6) is 0 Å². The number of carbonyl (C=O) groups is 2. The van der Waals surface area contributed by atoms with E-state index in [1.165, 1.54) is 6.07 Å². The topological polar surface area (TPSA) is 101 Å². The second kappa shape index (κ2) is 8.75. The monoisotopic (exact) mass is 421 g/mol. The number of carboxylic acid groups (broad SMARTS) is 1. The first-order valence-corrected chi connectivity index (χ1v) is 8.97. The maximum Gasteiger partial charge on any atom is 0.326 e. The third-order valence-corrected chi connectivity index (χ3v) is 4.62. The molecule has 0 radical (unpaired) electrons. The fraction of sp³-hybridized carbons (Fsp3) is 0.333. The zero-order valence-corrected chi connectivity index (χ0v) is 16.1. The smallest absolute Gasteiger partial charge is 0.326 e. The molecule has 2 rings (SSSR count). The molecule has 2 aromatic rings. The summed E-state index contributed by atoms with van der Waals surface area (Å²) < 4.78 is 1.95. The fourth-order valence-electron chi connectivity index (χ4n) is 2.38. The summed E-state index contributed by atoms with van der Waals surface area (Å²) in [6.45, 7) is 3.25. The van der Waals surface area contributed by atoms with E-state index in [-0.39, 0.29) is 12.5 Å². The first-order chi connectivity index (χ1) is 12.3. The highest BCUT2D eigenvalue weighted by atomic mass is 79.9. The number of amides is 1. The van der Waals surface area contributed by atoms with Gasteiger partial charge in [0, 0.05) is 16.1 Å². The molecule has 2 N–H and O–H groups in total. The van der Waals surface area contributed by atoms with Crippen molar-refractivity contribution in [3.05, 3.63) is 51.2 Å². The van der Waals surface area contributed by atoms with Crippen molar-refractivity contribution in [1.82, 2.24) is 15.1 Å². The number of rotatable bonds is 7. The number of benzene rings is 1. The Bertz CT molecular complexity index is 848. The van der Waals surface area contributed by atoms with Crippen LogP contribution < -0.4 is 10.9 Å². The lowest BCUT2D eigenvalue weighted by molar-refractivity contribution is -0.143. The lowest BCUT2D eigenvalue weighted by Crippen LogP contribution is -2.47. The molecule has 1 aromatic heterocycles. The van der Waals surface area contributed by atoms with Crippen molar-refractivity contribution in [2.45, 2.75) is 32.9 Å². The number of carboxylic acids is 1. The summed E-state index contributed by atoms with van der Waals surface area (Å²) in [5.74, 6) is -1.90. The molecule has 1 aromatic carbocycles. The van der Waals surface area contributed by atoms with Crippen molar-refractivity contribution < 1.29 is 14.7 Å². The summed E-state index contributed by atoms with van der Waals surface area (Å²) in [6, 6.07) is 9.29. The van der Waals surface area contributed by atoms with E-state index >= 15 is 0 Å². The van der Waals surface area contributed by atoms with Crippen LogP contribution in [0.4, 0.5) is 0 Å². The summed E-state index contributed by atoms with van der Waals surface area (Å²) in [5, 5.41) is 15.9. The second-order valence-corrected chi connectivity index (χ2v) is 6.91. The normalized spacial score (nSPS) is 13.0. The van der Waals surface area contributed by atoms with Gasteiger partial charge < -0.3 is 10.4 Å². The standard InChI is InChI=1S/C18H20BrN3O4/c1-3-11(2)17(18(25)26)20-15(23)10-22-16(24)9-8-14(21-22)12-4-6-13(19)7-5-12/h4-9,11,17H,3,10H2,1-2H3,(H,20,23)(H,25,26)/t11-,17+/m1/s1. The molecule has 1 amide bonds. The van der Waals surface area contributed by atoms with Crippen molar-refractivity contribution in [2.24, 2.45) is 5.92 Å². The van der Waals surface area contributed by atoms with Crippen LogP contribution in [0.15, 0.2) is 45.7 Å². The summed E-state index contributed by atoms with van der Waals surface area (Å²) in [5.41, 5.74) is 0.906. The van der Waals surface area contributed by atoms with Crippen molar-refractivity contribution in [3.63, 3.8) is 0 Å². The van der Waals surface area contributed by atoms with Gasteiger partial charge in [-0.2, -0.15) is 5.10 Å². The third kappa shape index (κ3) is 5.01. The van der Waals surface area contributed by atoms with E-state index in [0.717, 1.165) is 14.7 Å². The van der Waals surface area contributed by atoms with Gasteiger partial charge in [0.2, 0.25) is 5.91 Å². The molecule has 0 saturated carbocycles. The SMILES string of the molecule is CC[C@@H](C)[C@H](NC(=O)Cn1nc(-c2ccc(Br)cc2)ccc1=O)C(=O)O. The lowest BCUT2D eigenvalue weighted by Gasteiger charge is -2.20. The summed E-state index contributed by atoms with van der Waals surface area (Å²) in [4.78, 5) is 35.5. The zero-order chi connectivity index (χ0) is 19.3. The Morgan fingerprint density at radius 2 is 1.88 bits per heavy atom. The van der Waals surface area contributed by atoms with E-state index in [1.807, 2.05) is 31.2 Å². The Hall–Kier alpha value is -2.48. The van der Waals surface area contributed by atoms with Crippen molar-refractivity contribution in [3.8, 4) is 11.3 Å². The van der Waals surface area contributed by atoms with Crippen molar-refractivity contribution in [1.29, 1.82) is 0 Å². The highest BCUT2D eigenvalue weighted by Gasteiger charge is 2.25. The van der Waals surface area contributed by atoms with Crippen LogP contribution in [-0.2, 0) is 16.1 Å². The van der Waals surface area contributed by atoms with Crippen LogP contribution in [0.2, 0.25) is 0 Å². The molecule has 0 bridgehead atoms. The third-order valence-electron chi connectivity index (χ3n) is 4.10. The molecule has 0 aliphatic heterocycles. The molecule has 7 nitrogen and oxygen atoms in total. The molecule has 26 heavy (non-hydrogen) atoms. The van der Waals surface area contributed by atoms with Gasteiger partial charge in [-0.3, -0.25) is 9.59 Å². The minimum Gasteiger partial charge on any atom is -0.480 e. The van der Waals surface area contributed by atoms with Gasteiger partial charge in [0.25, 0.3) is 5.56 Å². The number of halogens is 1. The van der Waals surface area contributed by atoms with E-state index in [0.29, 0.717) is 12.1 Å². The van der Waals surface area contributed by atoms with Gasteiger partial charge in [0.1, 0.15) is 12.6 Å². The maximum atomic E-state index is 12.2. The van der Waals surface area contributed by atoms with Crippen LogP contribution in [0, 0.1) is 5.92 Å². The van der Waals surface area contributed by atoms with Crippen LogP contribution in [0.1, 0.15) is 20.3 Å². The molecule has 0 fully saturated rings. The molecule has 0 unspecified atom stereocenters. The number of hydrogen-bond donors (Lipinski definition) is 2. The molecule has 1 heterocycles. The molecular formula is C18H20BrN3O4. The van der Waals surface area contributed by atoms with Gasteiger partial charge in [0.05, 0.1) is 5.69 Å². The van der Waals surface area contributed by atoms with Gasteiger partial charge in [-0.1, -0.05) is 48.3 Å². The number of nitrogens with one attached hydrogen (secondary N) is 1. The number of aliphatic carboxylic acids is 1. The van der Waals surface area contributed by atoms with Crippen LogP contribution in [0.3, 0.4) is 0 Å². The van der Waals surface area contributed by atoms with E-state index in [2.05, 4.69) is 26.3 Å². The minimum atomic E-state index is -1.10. The van der Waals surface area contributed by atoms with E-state index in [9.17, 15) is 19.5 Å². The summed E-state index contributed by atoms with van der Waals surface area (Å²) in [6.07, 6.45) is 0.606. The molecule has 0 saturated heterocycles. The molecule has 0 spiro atoms. The molecule has 0 aliphatic carbocycles. The summed E-state index contributed by atoms with van der Waals surface area (Å²) in [7, 11) is 0. The van der Waals surface area contributed by atoms with E-state index < -0.39 is 23.5 Å². The maximum absolute atomic E-state index is 12.2. The molecule has 0 aliphatic rings. The Labute approximate surface area is 159 Å². The molecule has 8 heteroatoms. The molecular weight excluding hydrogens is 402 g/mol. The van der Waals surface area contributed by atoms with Crippen molar-refractivity contribution in [2.75, 3.05) is 0 Å². The highest BCUT2D eigenvalue weighted by molar-refractivity contribution is 9.10. The van der Waals surface area contributed by atoms with E-state index in [4.69, 9.17) is 0 Å². The van der Waals surface area contributed by atoms with Gasteiger partial charge in [0.15, 0.2) is 0 Å². The van der Waals surface area contributed by atoms with Crippen molar-refractivity contribution >= 4 is 27.8 Å². The number of hydrogen-bond acceptors (Lipinski definition) is 4. The predicted molar refractivity (Wildman–Crippen MR) is 101 cm³/mol. The Kier molecular flexibility index (Phi) is 6.68. The number of aromatic nitrogens is 2. The highest BCUT2D eigenvalue weighted by Crippen LogP contribution is 2.18. The Morgan fingerprint density at radius 3 is 2.46 bits per heavy atom. The summed E-state index contributed by atoms with van der Waals surface area (Å²) >= 11 is 3.35. The van der Waals surface area contributed by atoms with E-state index in [1.54, 1.807) is 13.0 Å². The van der Waals surface area contributed by atoms with Gasteiger partial charge in [-0.05, 0) is 24.1 Å². The fourth-order valence-corrected chi connectivity index (χ4v) is 2.64. The lowest BCUT2D eigenvalue weighted by atomic mass is 9.99. The van der Waals surface area contributed by atoms with Gasteiger partial charge >= 0.3 is 5.97 Å². The van der Waals surface area contributed by atoms with Gasteiger partial charge in [-0.15, -0.1) is 0 Å². The molecule has 138 valence electrons. The van der Waals surface area contributed by atoms with Crippen LogP contribution >= 0.6 is 15.9 Å². The largest absolute Gasteiger partial charge is 0.480 e. The first-order valence-electron chi connectivity index (χ1n) is 8.18. The zero-order valence-electron chi connectivity index (χ0n) is 14.5. The predicted octanol–water partition coefficient (Wildman–Crippen LogP) is 2.29. The van der Waals surface area contributed by atoms with Gasteiger partial charge in [-0.25, -0.2) is 9.48 Å². The number of nitrogens with zero attached hydrogens (tertiary/aromatic N) is 2. The average molecular weight is 422 g/mol. The Morgan fingerprint density at radius 1 is 1.23 bits per heavy atom. The van der Waals surface area contributed by atoms with Crippen LogP contribution in [0.25, 0.3) is 11.3 Å². The second-order valence-electron chi connectivity index (χ2n) is 5.99. The quantitative estimate of drug-likeness (QED) is 0.713.